The molecule has 0 aromatic heterocycles. The van der Waals surface area contributed by atoms with Crippen molar-refractivity contribution in [3.63, 3.8) is 0 Å². The average molecular weight is 282 g/mol. The Hall–Kier alpha value is -1.00. The first-order chi connectivity index (χ1) is 9.52. The molecule has 1 aliphatic rings. The minimum absolute atomic E-state index is 0.182. The number of hydrogen-bond acceptors (Lipinski definition) is 2. The Morgan fingerprint density at radius 3 is 2.75 bits per heavy atom. The van der Waals surface area contributed by atoms with E-state index in [1.807, 2.05) is 0 Å². The smallest absolute Gasteiger partial charge is 0.163 e. The number of benzene rings is 1. The zero-order valence-electron chi connectivity index (χ0n) is 12.5. The van der Waals surface area contributed by atoms with Crippen LogP contribution in [0.2, 0.25) is 0 Å². The van der Waals surface area contributed by atoms with E-state index in [-0.39, 0.29) is 6.04 Å². The van der Waals surface area contributed by atoms with Gasteiger partial charge in [-0.3, -0.25) is 4.90 Å². The Kier molecular flexibility index (Phi) is 5.11. The lowest BCUT2D eigenvalue weighted by Crippen LogP contribution is -2.45. The molecule has 0 saturated carbocycles. The van der Waals surface area contributed by atoms with E-state index >= 15 is 0 Å². The van der Waals surface area contributed by atoms with E-state index < -0.39 is 11.6 Å². The molecular formula is C16H24F2N2. The van der Waals surface area contributed by atoms with Crippen LogP contribution in [-0.2, 0) is 0 Å². The van der Waals surface area contributed by atoms with Gasteiger partial charge >= 0.3 is 0 Å². The number of likely N-dealkylation sites (N-methyl/N-ethyl adjacent to an activating group) is 1. The van der Waals surface area contributed by atoms with Crippen LogP contribution in [0.15, 0.2) is 18.2 Å². The van der Waals surface area contributed by atoms with Crippen LogP contribution in [0.3, 0.4) is 0 Å². The zero-order valence-corrected chi connectivity index (χ0v) is 12.5. The highest BCUT2D eigenvalue weighted by atomic mass is 19.2. The molecule has 3 unspecified atom stereocenters. The van der Waals surface area contributed by atoms with Gasteiger partial charge in [-0.2, -0.15) is 0 Å². The fourth-order valence-corrected chi connectivity index (χ4v) is 3.00. The number of hydrogen-bond donors (Lipinski definition) is 1. The Bertz CT molecular complexity index is 450. The highest BCUT2D eigenvalue weighted by Gasteiger charge is 2.26. The van der Waals surface area contributed by atoms with Gasteiger partial charge in [-0.1, -0.05) is 19.1 Å². The third-order valence-electron chi connectivity index (χ3n) is 4.37. The maximum absolute atomic E-state index is 13.9. The lowest BCUT2D eigenvalue weighted by Gasteiger charge is -2.38. The summed E-state index contributed by atoms with van der Waals surface area (Å²) in [5.74, 6) is -0.839. The Labute approximate surface area is 120 Å². The molecule has 1 N–H and O–H groups in total. The van der Waals surface area contributed by atoms with Crippen molar-refractivity contribution in [2.75, 3.05) is 20.1 Å². The number of rotatable bonds is 4. The van der Waals surface area contributed by atoms with Gasteiger partial charge in [0.15, 0.2) is 11.6 Å². The quantitative estimate of drug-likeness (QED) is 0.911. The van der Waals surface area contributed by atoms with Crippen LogP contribution < -0.4 is 5.32 Å². The lowest BCUT2D eigenvalue weighted by molar-refractivity contribution is 0.112. The zero-order chi connectivity index (χ0) is 14.7. The highest BCUT2D eigenvalue weighted by molar-refractivity contribution is 5.23. The van der Waals surface area contributed by atoms with Crippen molar-refractivity contribution in [3.8, 4) is 0 Å². The third-order valence-corrected chi connectivity index (χ3v) is 4.37. The molecule has 20 heavy (non-hydrogen) atoms. The summed E-state index contributed by atoms with van der Waals surface area (Å²) in [6.45, 7) is 6.19. The van der Waals surface area contributed by atoms with E-state index in [1.165, 1.54) is 12.8 Å². The molecule has 1 aliphatic heterocycles. The van der Waals surface area contributed by atoms with E-state index in [0.717, 1.165) is 12.6 Å². The number of piperidine rings is 1. The third kappa shape index (κ3) is 3.36. The van der Waals surface area contributed by atoms with Crippen molar-refractivity contribution in [1.29, 1.82) is 0 Å². The Morgan fingerprint density at radius 2 is 2.05 bits per heavy atom. The van der Waals surface area contributed by atoms with Gasteiger partial charge in [-0.25, -0.2) is 8.78 Å². The molecule has 0 bridgehead atoms. The molecule has 1 aromatic carbocycles. The summed E-state index contributed by atoms with van der Waals surface area (Å²) in [6.07, 6.45) is 2.42. The topological polar surface area (TPSA) is 15.3 Å². The fraction of sp³-hybridized carbons (Fsp3) is 0.625. The fourth-order valence-electron chi connectivity index (χ4n) is 3.00. The van der Waals surface area contributed by atoms with Gasteiger partial charge in [0.25, 0.3) is 0 Å². The van der Waals surface area contributed by atoms with E-state index in [1.54, 1.807) is 19.2 Å². The average Bonchev–Trinajstić information content (AvgIpc) is 2.43. The van der Waals surface area contributed by atoms with Crippen LogP contribution in [-0.4, -0.2) is 31.1 Å². The summed E-state index contributed by atoms with van der Waals surface area (Å²) in [5.41, 5.74) is 0.415. The van der Waals surface area contributed by atoms with E-state index in [2.05, 4.69) is 24.1 Å². The van der Waals surface area contributed by atoms with Crippen molar-refractivity contribution < 1.29 is 8.78 Å². The molecule has 2 nitrogen and oxygen atoms in total. The molecule has 0 radical (unpaired) electrons. The first kappa shape index (κ1) is 15.4. The van der Waals surface area contributed by atoms with Crippen LogP contribution in [0.25, 0.3) is 0 Å². The van der Waals surface area contributed by atoms with E-state index in [9.17, 15) is 8.78 Å². The van der Waals surface area contributed by atoms with Crippen LogP contribution in [0.1, 0.15) is 38.3 Å². The normalized spacial score (nSPS) is 25.6. The summed E-state index contributed by atoms with van der Waals surface area (Å²) in [7, 11) is 1.80. The molecule has 1 saturated heterocycles. The molecule has 1 aromatic rings. The van der Waals surface area contributed by atoms with Gasteiger partial charge in [0, 0.05) is 30.7 Å². The molecule has 0 amide bonds. The summed E-state index contributed by atoms with van der Waals surface area (Å²) in [4.78, 5) is 2.37. The van der Waals surface area contributed by atoms with Gasteiger partial charge in [-0.15, -0.1) is 0 Å². The van der Waals surface area contributed by atoms with Crippen molar-refractivity contribution >= 4 is 0 Å². The minimum atomic E-state index is -0.775. The molecule has 112 valence electrons. The van der Waals surface area contributed by atoms with Crippen LogP contribution in [0.5, 0.6) is 0 Å². The number of likely N-dealkylation sites (tertiary alicyclic amines) is 1. The number of nitrogens with one attached hydrogen (secondary N) is 1. The molecule has 1 fully saturated rings. The number of nitrogens with zero attached hydrogens (tertiary/aromatic N) is 1. The van der Waals surface area contributed by atoms with Crippen molar-refractivity contribution in [1.82, 2.24) is 10.2 Å². The van der Waals surface area contributed by atoms with Gasteiger partial charge in [0.05, 0.1) is 0 Å². The molecule has 0 aliphatic carbocycles. The largest absolute Gasteiger partial charge is 0.312 e. The first-order valence-electron chi connectivity index (χ1n) is 7.38. The van der Waals surface area contributed by atoms with E-state index in [0.29, 0.717) is 24.1 Å². The van der Waals surface area contributed by atoms with Gasteiger partial charge in [0.1, 0.15) is 0 Å². The van der Waals surface area contributed by atoms with Crippen LogP contribution in [0.4, 0.5) is 8.78 Å². The Balaban J connectivity index is 2.14. The molecule has 1 heterocycles. The summed E-state index contributed by atoms with van der Waals surface area (Å²) in [5, 5.41) is 3.12. The predicted octanol–water partition coefficient (Wildman–Crippen LogP) is 3.35. The minimum Gasteiger partial charge on any atom is -0.312 e. The monoisotopic (exact) mass is 282 g/mol. The van der Waals surface area contributed by atoms with Crippen molar-refractivity contribution in [2.45, 2.75) is 38.8 Å². The number of halogens is 2. The highest BCUT2D eigenvalue weighted by Crippen LogP contribution is 2.26. The second-order valence-corrected chi connectivity index (χ2v) is 5.97. The molecular weight excluding hydrogens is 258 g/mol. The van der Waals surface area contributed by atoms with Gasteiger partial charge < -0.3 is 5.32 Å². The molecule has 0 spiro atoms. The SMILES string of the molecule is CNC(CN1CC(C)CCC1C)c1cccc(F)c1F. The summed E-state index contributed by atoms with van der Waals surface area (Å²) < 4.78 is 27.3. The second-order valence-electron chi connectivity index (χ2n) is 5.97. The van der Waals surface area contributed by atoms with Crippen LogP contribution in [0, 0.1) is 17.6 Å². The Morgan fingerprint density at radius 1 is 1.30 bits per heavy atom. The summed E-state index contributed by atoms with van der Waals surface area (Å²) >= 11 is 0. The summed E-state index contributed by atoms with van der Waals surface area (Å²) in [6, 6.07) is 4.71. The molecule has 4 heteroatoms. The van der Waals surface area contributed by atoms with Gasteiger partial charge in [-0.05, 0) is 38.8 Å². The van der Waals surface area contributed by atoms with Gasteiger partial charge in [0.2, 0.25) is 0 Å². The molecule has 3 atom stereocenters. The predicted molar refractivity (Wildman–Crippen MR) is 77.6 cm³/mol. The second kappa shape index (κ2) is 6.64. The van der Waals surface area contributed by atoms with Crippen molar-refractivity contribution in [2.24, 2.45) is 5.92 Å². The van der Waals surface area contributed by atoms with Crippen LogP contribution >= 0.6 is 0 Å². The maximum atomic E-state index is 13.9. The molecule has 2 rings (SSSR count). The maximum Gasteiger partial charge on any atom is 0.163 e. The van der Waals surface area contributed by atoms with E-state index in [4.69, 9.17) is 0 Å². The standard InChI is InChI=1S/C16H24F2N2/c1-11-7-8-12(2)20(9-11)10-15(19-3)13-5-4-6-14(17)16(13)18/h4-6,11-12,15,19H,7-10H2,1-3H3. The first-order valence-corrected chi connectivity index (χ1v) is 7.38. The lowest BCUT2D eigenvalue weighted by atomic mass is 9.94. The van der Waals surface area contributed by atoms with Crippen molar-refractivity contribution in [3.05, 3.63) is 35.4 Å².